The lowest BCUT2D eigenvalue weighted by molar-refractivity contribution is 0.0917. The van der Waals surface area contributed by atoms with Gasteiger partial charge >= 0.3 is 8.25 Å². The molecule has 0 saturated heterocycles. The number of ketones is 1. The molecule has 88 valence electrons. The summed E-state index contributed by atoms with van der Waals surface area (Å²) in [6.07, 6.45) is 0. The van der Waals surface area contributed by atoms with E-state index in [2.05, 4.69) is 4.52 Å². The zero-order valence-corrected chi connectivity index (χ0v) is 9.94. The maximum absolute atomic E-state index is 11.6. The van der Waals surface area contributed by atoms with E-state index >= 15 is 0 Å². The Morgan fingerprint density at radius 2 is 2.24 bits per heavy atom. The van der Waals surface area contributed by atoms with Gasteiger partial charge in [-0.15, -0.1) is 9.42 Å². The number of hydrogen-bond donors (Lipinski definition) is 1. The van der Waals surface area contributed by atoms with Crippen molar-refractivity contribution in [3.8, 4) is 0 Å². The fourth-order valence-corrected chi connectivity index (χ4v) is 1.77. The van der Waals surface area contributed by atoms with Crippen LogP contribution in [0.1, 0.15) is 16.1 Å². The highest BCUT2D eigenvalue weighted by molar-refractivity contribution is 7.32. The first kappa shape index (κ1) is 11.9. The predicted octanol–water partition coefficient (Wildman–Crippen LogP) is 2.59. The minimum Gasteiger partial charge on any atom is -0.461 e. The maximum atomic E-state index is 11.6. The van der Waals surface area contributed by atoms with Crippen LogP contribution in [0.3, 0.4) is 0 Å². The highest BCUT2D eigenvalue weighted by Crippen LogP contribution is 2.21. The third-order valence-electron chi connectivity index (χ3n) is 2.27. The molecule has 1 unspecified atom stereocenters. The number of carbonyl (C=O) groups excluding carboxylic acids is 1. The van der Waals surface area contributed by atoms with Crippen LogP contribution in [0.25, 0.3) is 11.0 Å². The fourth-order valence-electron chi connectivity index (χ4n) is 1.55. The molecule has 0 spiro atoms. The summed E-state index contributed by atoms with van der Waals surface area (Å²) in [6.45, 7) is 1.41. The minimum atomic E-state index is -2.74. The summed E-state index contributed by atoms with van der Waals surface area (Å²) >= 11 is 0. The van der Waals surface area contributed by atoms with Crippen molar-refractivity contribution >= 4 is 25.0 Å². The third kappa shape index (κ3) is 2.77. The van der Waals surface area contributed by atoms with Gasteiger partial charge in [0.2, 0.25) is 0 Å². The molecule has 0 aliphatic carbocycles. The van der Waals surface area contributed by atoms with Gasteiger partial charge in [0.05, 0.1) is 0 Å². The van der Waals surface area contributed by atoms with Crippen molar-refractivity contribution in [2.45, 2.75) is 6.92 Å². The van der Waals surface area contributed by atoms with Gasteiger partial charge in [-0.25, -0.2) is 0 Å². The summed E-state index contributed by atoms with van der Waals surface area (Å²) in [4.78, 5) is 20.0. The molecule has 0 radical (unpaired) electrons. The lowest BCUT2D eigenvalue weighted by atomic mass is 10.1. The number of fused-ring (bicyclic) bond motifs is 1. The van der Waals surface area contributed by atoms with E-state index in [4.69, 9.17) is 9.31 Å². The van der Waals surface area contributed by atoms with Crippen LogP contribution < -0.4 is 0 Å². The largest absolute Gasteiger partial charge is 0.695 e. The van der Waals surface area contributed by atoms with Crippen molar-refractivity contribution < 1.29 is 23.2 Å². The molecule has 1 heterocycles. The molecule has 0 saturated carbocycles. The van der Waals surface area contributed by atoms with Crippen LogP contribution >= 0.6 is 8.25 Å². The topological polar surface area (TPSA) is 76.7 Å². The number of rotatable bonds is 4. The SMILES string of the molecule is Cc1cc2cc(C(=O)CO[P+](=O)O)ccc2o1. The Bertz CT molecular complexity index is 587. The van der Waals surface area contributed by atoms with E-state index in [-0.39, 0.29) is 5.78 Å². The molecule has 0 fully saturated rings. The average molecular weight is 253 g/mol. The molecule has 17 heavy (non-hydrogen) atoms. The van der Waals surface area contributed by atoms with E-state index in [0.717, 1.165) is 11.1 Å². The van der Waals surface area contributed by atoms with E-state index in [1.165, 1.54) is 0 Å². The smallest absolute Gasteiger partial charge is 0.461 e. The van der Waals surface area contributed by atoms with E-state index in [1.54, 1.807) is 18.2 Å². The summed E-state index contributed by atoms with van der Waals surface area (Å²) in [7, 11) is -2.74. The molecule has 6 heteroatoms. The van der Waals surface area contributed by atoms with E-state index in [1.807, 2.05) is 13.0 Å². The molecule has 2 rings (SSSR count). The van der Waals surface area contributed by atoms with Gasteiger partial charge in [-0.2, -0.15) is 0 Å². The van der Waals surface area contributed by atoms with Crippen LogP contribution in [0.2, 0.25) is 0 Å². The van der Waals surface area contributed by atoms with Gasteiger partial charge in [0, 0.05) is 15.5 Å². The Balaban J connectivity index is 2.23. The molecule has 5 nitrogen and oxygen atoms in total. The van der Waals surface area contributed by atoms with Crippen LogP contribution in [0.5, 0.6) is 0 Å². The molecule has 0 bridgehead atoms. The Morgan fingerprint density at radius 3 is 2.94 bits per heavy atom. The summed E-state index contributed by atoms with van der Waals surface area (Å²) in [6, 6.07) is 6.78. The first-order valence-electron chi connectivity index (χ1n) is 4.89. The summed E-state index contributed by atoms with van der Waals surface area (Å²) in [5, 5.41) is 0.821. The zero-order chi connectivity index (χ0) is 12.4. The first-order chi connectivity index (χ1) is 8.06. The van der Waals surface area contributed by atoms with Crippen molar-refractivity contribution in [2.75, 3.05) is 6.61 Å². The molecule has 1 N–H and O–H groups in total. The van der Waals surface area contributed by atoms with Crippen LogP contribution in [-0.2, 0) is 9.09 Å². The molecular formula is C11H10O5P+. The Hall–Kier alpha value is -1.55. The fraction of sp³-hybridized carbons (Fsp3) is 0.182. The van der Waals surface area contributed by atoms with Gasteiger partial charge in [-0.3, -0.25) is 4.79 Å². The molecule has 0 amide bonds. The lowest BCUT2D eigenvalue weighted by Crippen LogP contribution is -2.05. The molecule has 1 aromatic heterocycles. The second kappa shape index (κ2) is 4.75. The Kier molecular flexibility index (Phi) is 3.33. The highest BCUT2D eigenvalue weighted by Gasteiger charge is 2.17. The second-order valence-corrected chi connectivity index (χ2v) is 4.28. The van der Waals surface area contributed by atoms with Crippen LogP contribution in [0.15, 0.2) is 28.7 Å². The van der Waals surface area contributed by atoms with Crippen molar-refractivity contribution in [1.82, 2.24) is 0 Å². The third-order valence-corrected chi connectivity index (χ3v) is 2.62. The number of hydrogen-bond acceptors (Lipinski definition) is 4. The normalized spacial score (nSPS) is 11.8. The monoisotopic (exact) mass is 253 g/mol. The summed E-state index contributed by atoms with van der Waals surface area (Å²) in [5.41, 5.74) is 1.13. The van der Waals surface area contributed by atoms with Gasteiger partial charge in [0.1, 0.15) is 11.3 Å². The van der Waals surface area contributed by atoms with Crippen molar-refractivity contribution in [2.24, 2.45) is 0 Å². The molecule has 0 aliphatic rings. The number of benzene rings is 1. The second-order valence-electron chi connectivity index (χ2n) is 3.54. The highest BCUT2D eigenvalue weighted by atomic mass is 31.1. The van der Waals surface area contributed by atoms with Gasteiger partial charge in [0.25, 0.3) is 0 Å². The molecule has 1 aromatic carbocycles. The number of furan rings is 1. The minimum absolute atomic E-state index is 0.344. The number of Topliss-reactive ketones (excluding diaryl/α,β-unsaturated/α-hetero) is 1. The molecule has 0 aliphatic heterocycles. The lowest BCUT2D eigenvalue weighted by Gasteiger charge is -1.96. The van der Waals surface area contributed by atoms with E-state index in [0.29, 0.717) is 11.1 Å². The molecule has 1 atom stereocenters. The molecule has 2 aromatic rings. The van der Waals surface area contributed by atoms with E-state index < -0.39 is 14.9 Å². The standard InChI is InChI=1S/C11H9O5P/c1-7-4-9-5-8(2-3-11(9)16-7)10(12)6-15-17(13)14/h2-5H,6H2,1H3/p+1. The van der Waals surface area contributed by atoms with Crippen LogP contribution in [-0.4, -0.2) is 17.3 Å². The predicted molar refractivity (Wildman–Crippen MR) is 61.1 cm³/mol. The quantitative estimate of drug-likeness (QED) is 0.669. The average Bonchev–Trinajstić information content (AvgIpc) is 2.64. The van der Waals surface area contributed by atoms with Crippen molar-refractivity contribution in [3.63, 3.8) is 0 Å². The number of carbonyl (C=O) groups is 1. The van der Waals surface area contributed by atoms with Crippen molar-refractivity contribution in [3.05, 3.63) is 35.6 Å². The van der Waals surface area contributed by atoms with Crippen LogP contribution in [0.4, 0.5) is 0 Å². The Labute approximate surface area is 97.9 Å². The number of aryl methyl sites for hydroxylation is 1. The summed E-state index contributed by atoms with van der Waals surface area (Å²) < 4.78 is 20.0. The van der Waals surface area contributed by atoms with Gasteiger partial charge in [-0.1, -0.05) is 0 Å². The van der Waals surface area contributed by atoms with Gasteiger partial charge in [-0.05, 0) is 31.2 Å². The maximum Gasteiger partial charge on any atom is 0.695 e. The van der Waals surface area contributed by atoms with Gasteiger partial charge < -0.3 is 4.42 Å². The molecular weight excluding hydrogens is 243 g/mol. The first-order valence-corrected chi connectivity index (χ1v) is 6.02. The Morgan fingerprint density at radius 1 is 1.47 bits per heavy atom. The summed E-state index contributed by atoms with van der Waals surface area (Å²) in [5.74, 6) is 0.419. The zero-order valence-electron chi connectivity index (χ0n) is 9.04. The van der Waals surface area contributed by atoms with Crippen molar-refractivity contribution in [1.29, 1.82) is 0 Å². The van der Waals surface area contributed by atoms with Crippen LogP contribution in [0, 0.1) is 6.92 Å². The van der Waals surface area contributed by atoms with E-state index in [9.17, 15) is 9.36 Å². The van der Waals surface area contributed by atoms with Gasteiger partial charge in [0.15, 0.2) is 12.4 Å².